The number of benzene rings is 1. The predicted molar refractivity (Wildman–Crippen MR) is 84.4 cm³/mol. The lowest BCUT2D eigenvalue weighted by atomic mass is 10.2. The minimum Gasteiger partial charge on any atom is -0.472 e. The molecule has 0 amide bonds. The van der Waals surface area contributed by atoms with E-state index in [1.165, 1.54) is 0 Å². The van der Waals surface area contributed by atoms with Gasteiger partial charge in [0, 0.05) is 28.6 Å². The normalized spacial score (nSPS) is 10.9. The summed E-state index contributed by atoms with van der Waals surface area (Å²) >= 11 is 0. The van der Waals surface area contributed by atoms with Crippen molar-refractivity contribution in [3.8, 4) is 0 Å². The summed E-state index contributed by atoms with van der Waals surface area (Å²) in [4.78, 5) is 9.02. The number of para-hydroxylation sites is 1. The predicted octanol–water partition coefficient (Wildman–Crippen LogP) is 4.65. The van der Waals surface area contributed by atoms with Crippen LogP contribution in [0.3, 0.4) is 0 Å². The van der Waals surface area contributed by atoms with E-state index in [0.29, 0.717) is 0 Å². The van der Waals surface area contributed by atoms with Crippen LogP contribution in [-0.2, 0) is 0 Å². The van der Waals surface area contributed by atoms with E-state index in [2.05, 4.69) is 16.0 Å². The maximum Gasteiger partial charge on any atom is 0.0995 e. The zero-order valence-electron chi connectivity index (χ0n) is 11.2. The maximum absolute atomic E-state index is 5.20. The van der Waals surface area contributed by atoms with Crippen molar-refractivity contribution in [2.24, 2.45) is 0 Å². The highest BCUT2D eigenvalue weighted by Crippen LogP contribution is 2.23. The molecular formula is C18H12N2O. The number of fused-ring (bicyclic) bond motifs is 4. The van der Waals surface area contributed by atoms with Crippen LogP contribution in [0.2, 0.25) is 0 Å². The van der Waals surface area contributed by atoms with Crippen molar-refractivity contribution in [2.75, 3.05) is 0 Å². The second kappa shape index (κ2) is 4.87. The summed E-state index contributed by atoms with van der Waals surface area (Å²) in [5, 5.41) is 4.24. The molecule has 0 aliphatic rings. The third kappa shape index (κ3) is 2.09. The molecule has 3 aromatic heterocycles. The van der Waals surface area contributed by atoms with E-state index in [9.17, 15) is 0 Å². The average Bonchev–Trinajstić information content (AvgIpc) is 2.89. The van der Waals surface area contributed by atoms with Gasteiger partial charge in [-0.2, -0.15) is 0 Å². The Morgan fingerprint density at radius 3 is 2.62 bits per heavy atom. The van der Waals surface area contributed by atoms with Crippen LogP contribution in [0.4, 0.5) is 0 Å². The van der Waals surface area contributed by atoms with Crippen molar-refractivity contribution in [1.29, 1.82) is 0 Å². The molecule has 0 saturated heterocycles. The SMILES string of the molecule is c1ccc2c(c1)nc1ccc3ccocc3cnccc12. The van der Waals surface area contributed by atoms with Crippen molar-refractivity contribution < 1.29 is 4.42 Å². The molecule has 3 heterocycles. The van der Waals surface area contributed by atoms with Crippen molar-refractivity contribution in [2.45, 2.75) is 0 Å². The Balaban J connectivity index is 2.16. The number of rotatable bonds is 0. The van der Waals surface area contributed by atoms with Crippen LogP contribution < -0.4 is 0 Å². The Morgan fingerprint density at radius 2 is 1.62 bits per heavy atom. The van der Waals surface area contributed by atoms with Gasteiger partial charge in [-0.25, -0.2) is 4.98 Å². The molecule has 0 atom stereocenters. The van der Waals surface area contributed by atoms with Gasteiger partial charge in [-0.3, -0.25) is 4.98 Å². The summed E-state index contributed by atoms with van der Waals surface area (Å²) in [6.07, 6.45) is 6.94. The molecule has 0 radical (unpaired) electrons. The van der Waals surface area contributed by atoms with Gasteiger partial charge >= 0.3 is 0 Å². The maximum atomic E-state index is 5.20. The summed E-state index contributed by atoms with van der Waals surface area (Å²) in [5.41, 5.74) is 1.96. The largest absolute Gasteiger partial charge is 0.472 e. The molecule has 0 aliphatic carbocycles. The van der Waals surface area contributed by atoms with Gasteiger partial charge in [0.1, 0.15) is 0 Å². The quantitative estimate of drug-likeness (QED) is 0.467. The van der Waals surface area contributed by atoms with Gasteiger partial charge < -0.3 is 4.42 Å². The summed E-state index contributed by atoms with van der Waals surface area (Å²) < 4.78 is 5.20. The Bertz CT molecular complexity index is 1000. The van der Waals surface area contributed by atoms with Crippen molar-refractivity contribution >= 4 is 32.6 Å². The highest BCUT2D eigenvalue weighted by Gasteiger charge is 2.01. The Kier molecular flexibility index (Phi) is 2.75. The second-order valence-electron chi connectivity index (χ2n) is 4.82. The smallest absolute Gasteiger partial charge is 0.0995 e. The van der Waals surface area contributed by atoms with E-state index >= 15 is 0 Å². The molecule has 3 nitrogen and oxygen atoms in total. The third-order valence-corrected chi connectivity index (χ3v) is 3.53. The monoisotopic (exact) mass is 272 g/mol. The average molecular weight is 272 g/mol. The van der Waals surface area contributed by atoms with Crippen LogP contribution in [0.15, 0.2) is 77.9 Å². The van der Waals surface area contributed by atoms with Gasteiger partial charge in [-0.05, 0) is 29.7 Å². The zero-order valence-corrected chi connectivity index (χ0v) is 11.2. The van der Waals surface area contributed by atoms with Crippen LogP contribution in [0.1, 0.15) is 0 Å². The van der Waals surface area contributed by atoms with E-state index in [1.54, 1.807) is 24.9 Å². The fraction of sp³-hybridized carbons (Fsp3) is 0. The van der Waals surface area contributed by atoms with Gasteiger partial charge in [0.05, 0.1) is 23.6 Å². The summed E-state index contributed by atoms with van der Waals surface area (Å²) in [6.45, 7) is 0. The van der Waals surface area contributed by atoms with Crippen molar-refractivity contribution in [1.82, 2.24) is 9.97 Å². The highest BCUT2D eigenvalue weighted by atomic mass is 16.3. The van der Waals surface area contributed by atoms with Gasteiger partial charge in [0.15, 0.2) is 0 Å². The van der Waals surface area contributed by atoms with Crippen LogP contribution in [-0.4, -0.2) is 9.97 Å². The van der Waals surface area contributed by atoms with Gasteiger partial charge in [0.2, 0.25) is 0 Å². The second-order valence-corrected chi connectivity index (χ2v) is 4.82. The molecule has 100 valence electrons. The summed E-state index contributed by atoms with van der Waals surface area (Å²) in [7, 11) is 0. The Labute approximate surface area is 121 Å². The molecule has 1 aromatic carbocycles. The number of hydrogen-bond acceptors (Lipinski definition) is 3. The summed E-state index contributed by atoms with van der Waals surface area (Å²) in [6, 6.07) is 16.1. The topological polar surface area (TPSA) is 38.9 Å². The molecule has 0 saturated carbocycles. The van der Waals surface area contributed by atoms with E-state index in [0.717, 1.165) is 32.6 Å². The first-order valence-electron chi connectivity index (χ1n) is 6.74. The van der Waals surface area contributed by atoms with E-state index in [4.69, 9.17) is 4.42 Å². The lowest BCUT2D eigenvalue weighted by Gasteiger charge is -1.91. The number of nitrogens with zero attached hydrogens (tertiary/aromatic N) is 2. The molecule has 21 heavy (non-hydrogen) atoms. The first-order valence-corrected chi connectivity index (χ1v) is 6.74. The third-order valence-electron chi connectivity index (χ3n) is 3.53. The molecule has 3 heteroatoms. The van der Waals surface area contributed by atoms with Crippen molar-refractivity contribution in [3.63, 3.8) is 0 Å². The molecule has 4 aromatic rings. The van der Waals surface area contributed by atoms with E-state index in [-0.39, 0.29) is 0 Å². The number of hydrogen-bond donors (Lipinski definition) is 0. The molecular weight excluding hydrogens is 260 g/mol. The fourth-order valence-corrected chi connectivity index (χ4v) is 2.48. The lowest BCUT2D eigenvalue weighted by Crippen LogP contribution is -1.70. The zero-order chi connectivity index (χ0) is 14.1. The van der Waals surface area contributed by atoms with Gasteiger partial charge in [0.25, 0.3) is 0 Å². The molecule has 0 spiro atoms. The van der Waals surface area contributed by atoms with Crippen LogP contribution in [0.5, 0.6) is 0 Å². The Morgan fingerprint density at radius 1 is 0.762 bits per heavy atom. The fourth-order valence-electron chi connectivity index (χ4n) is 2.48. The molecule has 0 bridgehead atoms. The Hall–Kier alpha value is -2.94. The summed E-state index contributed by atoms with van der Waals surface area (Å²) in [5.74, 6) is 0. The lowest BCUT2D eigenvalue weighted by molar-refractivity contribution is 0.557. The first-order chi connectivity index (χ1) is 10.4. The van der Waals surface area contributed by atoms with E-state index < -0.39 is 0 Å². The molecule has 0 unspecified atom stereocenters. The van der Waals surface area contributed by atoms with Gasteiger partial charge in [-0.1, -0.05) is 24.3 Å². The first kappa shape index (κ1) is 11.9. The molecule has 0 fully saturated rings. The highest BCUT2D eigenvalue weighted by molar-refractivity contribution is 6.06. The minimum absolute atomic E-state index is 0.943. The van der Waals surface area contributed by atoms with Crippen molar-refractivity contribution in [3.05, 3.63) is 73.5 Å². The molecule has 0 aliphatic heterocycles. The van der Waals surface area contributed by atoms with Crippen LogP contribution >= 0.6 is 0 Å². The molecule has 4 rings (SSSR count). The molecule has 0 N–H and O–H groups in total. The van der Waals surface area contributed by atoms with Crippen LogP contribution in [0, 0.1) is 0 Å². The van der Waals surface area contributed by atoms with E-state index in [1.807, 2.05) is 42.5 Å². The van der Waals surface area contributed by atoms with Crippen LogP contribution in [0.25, 0.3) is 32.6 Å². The minimum atomic E-state index is 0.943. The number of aromatic nitrogens is 2. The van der Waals surface area contributed by atoms with Gasteiger partial charge in [-0.15, -0.1) is 0 Å². The standard InChI is InChI=1S/C18H12N2O/c1-2-4-17-15(3-1)16-7-9-19-11-14-12-21-10-8-13(14)5-6-18(16)20-17/h1-12H.